The van der Waals surface area contributed by atoms with Gasteiger partial charge in [-0.05, 0) is 30.7 Å². The molecule has 0 spiro atoms. The van der Waals surface area contributed by atoms with Gasteiger partial charge in [0.1, 0.15) is 0 Å². The molecule has 0 unspecified atom stereocenters. The summed E-state index contributed by atoms with van der Waals surface area (Å²) in [7, 11) is 7.31. The van der Waals surface area contributed by atoms with E-state index in [0.29, 0.717) is 5.56 Å². The fourth-order valence-corrected chi connectivity index (χ4v) is 1.51. The lowest BCUT2D eigenvalue weighted by Crippen LogP contribution is -2.29. The lowest BCUT2D eigenvalue weighted by Gasteiger charge is -2.16. The number of aryl methyl sites for hydroxylation is 1. The van der Waals surface area contributed by atoms with Gasteiger partial charge in [-0.25, -0.2) is 0 Å². The van der Waals surface area contributed by atoms with Crippen LogP contribution in [0.3, 0.4) is 0 Å². The molecule has 1 aromatic carbocycles. The molecule has 0 aromatic heterocycles. The van der Waals surface area contributed by atoms with E-state index < -0.39 is 0 Å². The van der Waals surface area contributed by atoms with Gasteiger partial charge in [-0.15, -0.1) is 0 Å². The predicted octanol–water partition coefficient (Wildman–Crippen LogP) is 1.78. The molecule has 1 N–H and O–H groups in total. The minimum Gasteiger partial charge on any atom is -0.378 e. The van der Waals surface area contributed by atoms with Crippen LogP contribution in [-0.2, 0) is 0 Å². The zero-order chi connectivity index (χ0) is 13.2. The number of carbonyl (C=O) groups excluding carboxylic acids is 1. The van der Waals surface area contributed by atoms with Gasteiger partial charge in [-0.3, -0.25) is 10.2 Å². The summed E-state index contributed by atoms with van der Waals surface area (Å²) in [5, 5.41) is 7.69. The molecule has 4 heteroatoms. The van der Waals surface area contributed by atoms with E-state index >= 15 is 0 Å². The summed E-state index contributed by atoms with van der Waals surface area (Å²) in [5.41, 5.74) is 2.54. The molecule has 0 aliphatic rings. The van der Waals surface area contributed by atoms with Crippen LogP contribution in [0.2, 0.25) is 0 Å². The predicted molar refractivity (Wildman–Crippen MR) is 71.3 cm³/mol. The number of likely N-dealkylation sites (N-methyl/N-ethyl adjacent to an activating group) is 1. The molecule has 0 radical (unpaired) electrons. The van der Waals surface area contributed by atoms with E-state index in [1.807, 2.05) is 38.1 Å². The first kappa shape index (κ1) is 13.2. The molecule has 0 fully saturated rings. The summed E-state index contributed by atoms with van der Waals surface area (Å²) in [6.07, 6.45) is 0. The Kier molecular flexibility index (Phi) is 3.89. The van der Waals surface area contributed by atoms with Crippen LogP contribution in [0.25, 0.3) is 0 Å². The number of nitrogens with one attached hydrogen (secondary N) is 1. The van der Waals surface area contributed by atoms with Gasteiger partial charge in [0.25, 0.3) is 0 Å². The second kappa shape index (κ2) is 4.99. The Bertz CT molecular complexity index is 450. The highest BCUT2D eigenvalue weighted by Gasteiger charge is 2.16. The van der Waals surface area contributed by atoms with Crippen molar-refractivity contribution in [1.29, 1.82) is 5.41 Å². The van der Waals surface area contributed by atoms with E-state index in [1.165, 1.54) is 4.90 Å². The quantitative estimate of drug-likeness (QED) is 0.492. The Labute approximate surface area is 102 Å². The number of amidine groups is 1. The molecule has 0 atom stereocenters. The number of nitrogens with zero attached hydrogens (tertiary/aromatic N) is 2. The molecule has 92 valence electrons. The minimum absolute atomic E-state index is 0.00528. The Morgan fingerprint density at radius 2 is 1.76 bits per heavy atom. The van der Waals surface area contributed by atoms with Gasteiger partial charge < -0.3 is 9.80 Å². The summed E-state index contributed by atoms with van der Waals surface area (Å²) in [6.45, 7) is 1.89. The molecule has 0 heterocycles. The molecule has 0 amide bonds. The van der Waals surface area contributed by atoms with Crippen molar-refractivity contribution >= 4 is 17.3 Å². The van der Waals surface area contributed by atoms with Crippen LogP contribution >= 0.6 is 0 Å². The first-order valence-corrected chi connectivity index (χ1v) is 5.43. The topological polar surface area (TPSA) is 47.4 Å². The van der Waals surface area contributed by atoms with Crippen LogP contribution in [0, 0.1) is 12.3 Å². The summed E-state index contributed by atoms with van der Waals surface area (Å²) >= 11 is 0. The van der Waals surface area contributed by atoms with Crippen molar-refractivity contribution in [2.45, 2.75) is 6.92 Å². The van der Waals surface area contributed by atoms with Crippen molar-refractivity contribution in [3.05, 3.63) is 29.3 Å². The molecule has 0 bridgehead atoms. The maximum Gasteiger partial charge on any atom is 0.227 e. The number of anilines is 1. The van der Waals surface area contributed by atoms with Crippen LogP contribution < -0.4 is 4.90 Å². The van der Waals surface area contributed by atoms with Crippen LogP contribution in [-0.4, -0.2) is 44.7 Å². The Balaban J connectivity index is 3.08. The van der Waals surface area contributed by atoms with Crippen molar-refractivity contribution in [3.63, 3.8) is 0 Å². The normalized spacial score (nSPS) is 9.94. The molecular formula is C13H19N3O. The highest BCUT2D eigenvalue weighted by molar-refractivity contribution is 6.44. The molecule has 0 saturated carbocycles. The van der Waals surface area contributed by atoms with Crippen LogP contribution in [0.15, 0.2) is 18.2 Å². The zero-order valence-corrected chi connectivity index (χ0v) is 11.0. The molecule has 4 nitrogen and oxygen atoms in total. The smallest absolute Gasteiger partial charge is 0.227 e. The first-order chi connectivity index (χ1) is 7.84. The summed E-state index contributed by atoms with van der Waals surface area (Å²) in [5.74, 6) is -0.233. The number of hydrogen-bond donors (Lipinski definition) is 1. The van der Waals surface area contributed by atoms with E-state index in [0.717, 1.165) is 11.3 Å². The van der Waals surface area contributed by atoms with Crippen molar-refractivity contribution in [2.75, 3.05) is 33.1 Å². The van der Waals surface area contributed by atoms with Gasteiger partial charge in [-0.2, -0.15) is 0 Å². The van der Waals surface area contributed by atoms with E-state index in [9.17, 15) is 4.79 Å². The fraction of sp³-hybridized carbons (Fsp3) is 0.385. The molecule has 17 heavy (non-hydrogen) atoms. The Morgan fingerprint density at radius 1 is 1.18 bits per heavy atom. The number of ketones is 1. The van der Waals surface area contributed by atoms with Gasteiger partial charge >= 0.3 is 0 Å². The minimum atomic E-state index is -0.238. The molecule has 0 aliphatic carbocycles. The third kappa shape index (κ3) is 2.84. The standard InChI is InChI=1S/C13H19N3O/c1-9-8-10(15(2)3)6-7-11(9)12(17)13(14)16(4)5/h6-8,14H,1-5H3. The number of carbonyl (C=O) groups is 1. The number of benzene rings is 1. The van der Waals surface area contributed by atoms with Crippen molar-refractivity contribution in [2.24, 2.45) is 0 Å². The fourth-order valence-electron chi connectivity index (χ4n) is 1.51. The number of hydrogen-bond acceptors (Lipinski definition) is 3. The van der Waals surface area contributed by atoms with Gasteiger partial charge in [-0.1, -0.05) is 0 Å². The Hall–Kier alpha value is -1.84. The molecule has 1 rings (SSSR count). The highest BCUT2D eigenvalue weighted by Crippen LogP contribution is 2.18. The SMILES string of the molecule is Cc1cc(N(C)C)ccc1C(=O)C(=N)N(C)C. The van der Waals surface area contributed by atoms with Crippen LogP contribution in [0.1, 0.15) is 15.9 Å². The average molecular weight is 233 g/mol. The van der Waals surface area contributed by atoms with Gasteiger partial charge in [0.05, 0.1) is 0 Å². The lowest BCUT2D eigenvalue weighted by molar-refractivity contribution is 0.105. The summed E-state index contributed by atoms with van der Waals surface area (Å²) in [6, 6.07) is 5.63. The van der Waals surface area contributed by atoms with Crippen LogP contribution in [0.4, 0.5) is 5.69 Å². The van der Waals surface area contributed by atoms with Gasteiger partial charge in [0.2, 0.25) is 5.78 Å². The number of rotatable bonds is 3. The van der Waals surface area contributed by atoms with Crippen molar-refractivity contribution in [3.8, 4) is 0 Å². The van der Waals surface area contributed by atoms with Gasteiger partial charge in [0.15, 0.2) is 5.84 Å². The third-order valence-corrected chi connectivity index (χ3v) is 2.63. The third-order valence-electron chi connectivity index (χ3n) is 2.63. The monoisotopic (exact) mass is 233 g/mol. The molecular weight excluding hydrogens is 214 g/mol. The second-order valence-electron chi connectivity index (χ2n) is 4.47. The lowest BCUT2D eigenvalue weighted by atomic mass is 10.0. The van der Waals surface area contributed by atoms with E-state index in [2.05, 4.69) is 0 Å². The van der Waals surface area contributed by atoms with E-state index in [4.69, 9.17) is 5.41 Å². The van der Waals surface area contributed by atoms with Crippen molar-refractivity contribution in [1.82, 2.24) is 4.90 Å². The van der Waals surface area contributed by atoms with Crippen molar-refractivity contribution < 1.29 is 4.79 Å². The van der Waals surface area contributed by atoms with Crippen LogP contribution in [0.5, 0.6) is 0 Å². The summed E-state index contributed by atoms with van der Waals surface area (Å²) < 4.78 is 0. The molecule has 0 saturated heterocycles. The largest absolute Gasteiger partial charge is 0.378 e. The molecule has 1 aromatic rings. The second-order valence-corrected chi connectivity index (χ2v) is 4.47. The first-order valence-electron chi connectivity index (χ1n) is 5.43. The summed E-state index contributed by atoms with van der Waals surface area (Å²) in [4.78, 5) is 15.5. The average Bonchev–Trinajstić information content (AvgIpc) is 2.26. The van der Waals surface area contributed by atoms with Gasteiger partial charge in [0, 0.05) is 39.4 Å². The maximum absolute atomic E-state index is 12.0. The Morgan fingerprint density at radius 3 is 2.18 bits per heavy atom. The van der Waals surface area contributed by atoms with E-state index in [-0.39, 0.29) is 11.6 Å². The highest BCUT2D eigenvalue weighted by atomic mass is 16.1. The zero-order valence-electron chi connectivity index (χ0n) is 11.0. The number of Topliss-reactive ketones (excluding diaryl/α,β-unsaturated/α-hetero) is 1. The molecule has 0 aliphatic heterocycles. The maximum atomic E-state index is 12.0. The van der Waals surface area contributed by atoms with E-state index in [1.54, 1.807) is 20.2 Å².